The Kier molecular flexibility index (Phi) is 3.72. The fourth-order valence-corrected chi connectivity index (χ4v) is 1.59. The first-order valence-corrected chi connectivity index (χ1v) is 5.41. The summed E-state index contributed by atoms with van der Waals surface area (Å²) in [5.74, 6) is -0.202. The van der Waals surface area contributed by atoms with Gasteiger partial charge in [0.2, 0.25) is 11.3 Å². The summed E-state index contributed by atoms with van der Waals surface area (Å²) < 4.78 is 1.56. The Morgan fingerprint density at radius 1 is 1.06 bits per heavy atom. The molecule has 2 rings (SSSR count). The predicted molar refractivity (Wildman–Crippen MR) is 64.5 cm³/mol. The highest BCUT2D eigenvalue weighted by atomic mass is 16.3. The van der Waals surface area contributed by atoms with Gasteiger partial charge in [0, 0.05) is 12.1 Å². The lowest BCUT2D eigenvalue weighted by atomic mass is 10.1. The van der Waals surface area contributed by atoms with Crippen molar-refractivity contribution >= 4 is 10.9 Å². The highest BCUT2D eigenvalue weighted by molar-refractivity contribution is 5.78. The minimum atomic E-state index is -0.110. The molecule has 0 amide bonds. The summed E-state index contributed by atoms with van der Waals surface area (Å²) in [6.07, 6.45) is 0. The van der Waals surface area contributed by atoms with E-state index in [0.717, 1.165) is 16.5 Å². The zero-order chi connectivity index (χ0) is 12.3. The quantitative estimate of drug-likeness (QED) is 0.670. The van der Waals surface area contributed by atoms with Gasteiger partial charge < -0.3 is 10.2 Å². The van der Waals surface area contributed by atoms with Crippen molar-refractivity contribution in [2.45, 2.75) is 20.8 Å². The third kappa shape index (κ3) is 2.08. The van der Waals surface area contributed by atoms with E-state index < -0.39 is 0 Å². The number of aromatic hydroxyl groups is 2. The van der Waals surface area contributed by atoms with Crippen LogP contribution in [-0.4, -0.2) is 10.2 Å². The van der Waals surface area contributed by atoms with E-state index in [0.29, 0.717) is 0 Å². The molecular formula is C13H18NO2+. The maximum atomic E-state index is 9.49. The van der Waals surface area contributed by atoms with E-state index in [1.54, 1.807) is 17.7 Å². The molecule has 3 nitrogen and oxygen atoms in total. The largest absolute Gasteiger partial charge is 0.500 e. The van der Waals surface area contributed by atoms with Gasteiger partial charge in [0.1, 0.15) is 7.05 Å². The summed E-state index contributed by atoms with van der Waals surface area (Å²) in [7, 11) is 1.72. The monoisotopic (exact) mass is 220 g/mol. The summed E-state index contributed by atoms with van der Waals surface area (Å²) >= 11 is 0. The van der Waals surface area contributed by atoms with E-state index in [1.165, 1.54) is 0 Å². The van der Waals surface area contributed by atoms with E-state index in [4.69, 9.17) is 0 Å². The molecule has 0 bridgehead atoms. The highest BCUT2D eigenvalue weighted by Gasteiger charge is 2.15. The average Bonchev–Trinajstić information content (AvgIpc) is 2.28. The van der Waals surface area contributed by atoms with Gasteiger partial charge in [-0.25, -0.2) is 0 Å². The number of fused-ring (bicyclic) bond motifs is 1. The average molecular weight is 220 g/mol. The molecule has 16 heavy (non-hydrogen) atoms. The predicted octanol–water partition coefficient (Wildman–Crippen LogP) is 2.41. The Morgan fingerprint density at radius 3 is 2.31 bits per heavy atom. The second-order valence-corrected chi connectivity index (χ2v) is 3.47. The van der Waals surface area contributed by atoms with Crippen molar-refractivity contribution in [1.82, 2.24) is 0 Å². The lowest BCUT2D eigenvalue weighted by Crippen LogP contribution is -2.28. The number of pyridine rings is 1. The molecule has 0 saturated heterocycles. The zero-order valence-corrected chi connectivity index (χ0v) is 10.2. The highest BCUT2D eigenvalue weighted by Crippen LogP contribution is 2.24. The molecule has 0 aliphatic heterocycles. The van der Waals surface area contributed by atoms with E-state index in [9.17, 15) is 10.2 Å². The van der Waals surface area contributed by atoms with Gasteiger partial charge in [0.15, 0.2) is 0 Å². The second kappa shape index (κ2) is 4.84. The molecule has 0 radical (unpaired) electrons. The van der Waals surface area contributed by atoms with Crippen LogP contribution in [0.1, 0.15) is 19.4 Å². The number of benzene rings is 1. The number of nitrogens with zero attached hydrogens (tertiary/aromatic N) is 1. The molecule has 86 valence electrons. The number of aromatic nitrogens is 1. The fourth-order valence-electron chi connectivity index (χ4n) is 1.59. The van der Waals surface area contributed by atoms with Crippen molar-refractivity contribution in [3.05, 3.63) is 29.8 Å². The first-order valence-electron chi connectivity index (χ1n) is 5.41. The van der Waals surface area contributed by atoms with Crippen LogP contribution in [0.2, 0.25) is 0 Å². The molecule has 2 N–H and O–H groups in total. The molecule has 0 atom stereocenters. The van der Waals surface area contributed by atoms with E-state index in [2.05, 4.69) is 0 Å². The number of hydrogen-bond donors (Lipinski definition) is 2. The van der Waals surface area contributed by atoms with Crippen LogP contribution in [0, 0.1) is 6.92 Å². The smallest absolute Gasteiger partial charge is 0.409 e. The Morgan fingerprint density at radius 2 is 1.69 bits per heavy atom. The van der Waals surface area contributed by atoms with Gasteiger partial charge in [-0.2, -0.15) is 4.57 Å². The normalized spacial score (nSPS) is 9.75. The first kappa shape index (κ1) is 12.3. The van der Waals surface area contributed by atoms with Gasteiger partial charge in [0.05, 0.1) is 5.39 Å². The number of aryl methyl sites for hydroxylation is 2. The lowest BCUT2D eigenvalue weighted by Gasteiger charge is -2.01. The topological polar surface area (TPSA) is 44.3 Å². The van der Waals surface area contributed by atoms with Crippen LogP contribution in [0.25, 0.3) is 10.9 Å². The summed E-state index contributed by atoms with van der Waals surface area (Å²) in [5.41, 5.74) is 2.02. The molecule has 2 aromatic rings. The Balaban J connectivity index is 0.000000606. The van der Waals surface area contributed by atoms with Crippen molar-refractivity contribution in [3.63, 3.8) is 0 Å². The summed E-state index contributed by atoms with van der Waals surface area (Å²) in [6.45, 7) is 5.99. The molecular weight excluding hydrogens is 202 g/mol. The van der Waals surface area contributed by atoms with E-state index >= 15 is 0 Å². The minimum absolute atomic E-state index is 0.0920. The zero-order valence-electron chi connectivity index (χ0n) is 10.2. The molecule has 0 unspecified atom stereocenters. The second-order valence-electron chi connectivity index (χ2n) is 3.47. The fraction of sp³-hybridized carbons (Fsp3) is 0.308. The van der Waals surface area contributed by atoms with E-state index in [1.807, 2.05) is 39.0 Å². The molecule has 1 heterocycles. The van der Waals surface area contributed by atoms with Crippen LogP contribution in [0.4, 0.5) is 0 Å². The van der Waals surface area contributed by atoms with E-state index in [-0.39, 0.29) is 11.6 Å². The maximum absolute atomic E-state index is 9.49. The molecule has 1 aromatic heterocycles. The minimum Gasteiger partial charge on any atom is -0.500 e. The Labute approximate surface area is 95.6 Å². The molecule has 3 heteroatoms. The summed E-state index contributed by atoms with van der Waals surface area (Å²) in [5, 5.41) is 19.8. The number of rotatable bonds is 0. The molecule has 0 aliphatic carbocycles. The third-order valence-corrected chi connectivity index (χ3v) is 2.38. The first-order chi connectivity index (χ1) is 7.59. The van der Waals surface area contributed by atoms with Crippen molar-refractivity contribution < 1.29 is 14.8 Å². The molecule has 0 saturated carbocycles. The molecule has 1 aromatic carbocycles. The Hall–Kier alpha value is -1.77. The number of hydrogen-bond acceptors (Lipinski definition) is 2. The SMILES string of the molecule is CC.Cc1ccc2c(c1)cc(O)c(O)[n+]2C. The van der Waals surface area contributed by atoms with Crippen LogP contribution in [-0.2, 0) is 7.05 Å². The van der Waals surface area contributed by atoms with Crippen molar-refractivity contribution in [2.24, 2.45) is 7.05 Å². The van der Waals surface area contributed by atoms with Gasteiger partial charge in [0.25, 0.3) is 0 Å². The third-order valence-electron chi connectivity index (χ3n) is 2.38. The van der Waals surface area contributed by atoms with Crippen LogP contribution >= 0.6 is 0 Å². The summed E-state index contributed by atoms with van der Waals surface area (Å²) in [4.78, 5) is 0. The lowest BCUT2D eigenvalue weighted by molar-refractivity contribution is -0.652. The van der Waals surface area contributed by atoms with Crippen molar-refractivity contribution in [1.29, 1.82) is 0 Å². The van der Waals surface area contributed by atoms with Crippen LogP contribution in [0.15, 0.2) is 24.3 Å². The van der Waals surface area contributed by atoms with Gasteiger partial charge in [-0.3, -0.25) is 0 Å². The van der Waals surface area contributed by atoms with Crippen LogP contribution in [0.5, 0.6) is 11.6 Å². The Bertz CT molecular complexity index is 507. The molecule has 0 fully saturated rings. The standard InChI is InChI=1S/C11H11NO2.C2H6/c1-7-3-4-9-8(5-7)6-10(13)11(14)12(9)2;1-2/h3-6,13H,1-2H3;1-2H3/p+1. The molecule has 0 aliphatic rings. The van der Waals surface area contributed by atoms with Gasteiger partial charge >= 0.3 is 5.88 Å². The van der Waals surface area contributed by atoms with Crippen molar-refractivity contribution in [3.8, 4) is 11.6 Å². The van der Waals surface area contributed by atoms with Gasteiger partial charge in [-0.05, 0) is 13.0 Å². The van der Waals surface area contributed by atoms with Crippen LogP contribution in [0.3, 0.4) is 0 Å². The van der Waals surface area contributed by atoms with Gasteiger partial charge in [-0.15, -0.1) is 0 Å². The molecule has 0 spiro atoms. The summed E-state index contributed by atoms with van der Waals surface area (Å²) in [6, 6.07) is 7.43. The van der Waals surface area contributed by atoms with Crippen molar-refractivity contribution in [2.75, 3.05) is 0 Å². The van der Waals surface area contributed by atoms with Gasteiger partial charge in [-0.1, -0.05) is 25.5 Å². The van der Waals surface area contributed by atoms with Crippen LogP contribution < -0.4 is 4.57 Å². The maximum Gasteiger partial charge on any atom is 0.409 e.